The third-order valence-electron chi connectivity index (χ3n) is 2.60. The molecule has 16 heavy (non-hydrogen) atoms. The minimum Gasteiger partial charge on any atom is -0.481 e. The molecule has 0 spiro atoms. The van der Waals surface area contributed by atoms with Crippen LogP contribution in [-0.2, 0) is 11.3 Å². The molecule has 1 aromatic heterocycles. The second-order valence-electron chi connectivity index (χ2n) is 3.66. The largest absolute Gasteiger partial charge is 0.481 e. The molecule has 0 amide bonds. The number of nitrogens with zero attached hydrogens (tertiary/aromatic N) is 3. The molecule has 0 aliphatic carbocycles. The molecule has 5 heteroatoms. The maximum Gasteiger partial charge on any atom is 0.310 e. The Morgan fingerprint density at radius 3 is 2.88 bits per heavy atom. The van der Waals surface area contributed by atoms with Crippen molar-refractivity contribution in [2.75, 3.05) is 0 Å². The van der Waals surface area contributed by atoms with E-state index in [1.54, 1.807) is 17.8 Å². The lowest BCUT2D eigenvalue weighted by Gasteiger charge is -2.05. The first-order chi connectivity index (χ1) is 7.63. The Labute approximate surface area is 92.7 Å². The van der Waals surface area contributed by atoms with Gasteiger partial charge >= 0.3 is 5.97 Å². The van der Waals surface area contributed by atoms with Crippen molar-refractivity contribution in [2.24, 2.45) is 0 Å². The number of carbonyl (C=O) groups is 1. The molecule has 1 atom stereocenters. The van der Waals surface area contributed by atoms with Crippen LogP contribution < -0.4 is 0 Å². The summed E-state index contributed by atoms with van der Waals surface area (Å²) in [6.45, 7) is 4.27. The molecule has 5 nitrogen and oxygen atoms in total. The van der Waals surface area contributed by atoms with Gasteiger partial charge in [0.15, 0.2) is 0 Å². The second-order valence-corrected chi connectivity index (χ2v) is 3.66. The van der Waals surface area contributed by atoms with Crippen molar-refractivity contribution in [3.05, 3.63) is 23.8 Å². The average Bonchev–Trinajstić information content (AvgIpc) is 2.70. The number of rotatable bonds is 3. The van der Waals surface area contributed by atoms with Crippen LogP contribution in [0.3, 0.4) is 0 Å². The van der Waals surface area contributed by atoms with Crippen molar-refractivity contribution in [1.82, 2.24) is 15.0 Å². The van der Waals surface area contributed by atoms with E-state index >= 15 is 0 Å². The molecule has 0 radical (unpaired) electrons. The van der Waals surface area contributed by atoms with Gasteiger partial charge in [-0.05, 0) is 25.5 Å². The van der Waals surface area contributed by atoms with E-state index < -0.39 is 11.9 Å². The highest BCUT2D eigenvalue weighted by Crippen LogP contribution is 2.23. The standard InChI is InChI=1S/C11H13N3O2/c1-3-14-12-9-6-4-5-8(10(9)13-14)7(2)11(15)16/h4-7H,3H2,1-2H3,(H,15,16). The third-order valence-corrected chi connectivity index (χ3v) is 2.60. The van der Waals surface area contributed by atoms with Crippen LogP contribution in [-0.4, -0.2) is 26.1 Å². The van der Waals surface area contributed by atoms with Crippen molar-refractivity contribution < 1.29 is 9.90 Å². The molecule has 1 aromatic carbocycles. The van der Waals surface area contributed by atoms with Crippen LogP contribution in [0.2, 0.25) is 0 Å². The van der Waals surface area contributed by atoms with E-state index in [1.165, 1.54) is 0 Å². The summed E-state index contributed by atoms with van der Waals surface area (Å²) in [6.07, 6.45) is 0. The van der Waals surface area contributed by atoms with Crippen molar-refractivity contribution >= 4 is 17.0 Å². The van der Waals surface area contributed by atoms with Gasteiger partial charge in [0.05, 0.1) is 12.5 Å². The van der Waals surface area contributed by atoms with Gasteiger partial charge in [-0.3, -0.25) is 4.79 Å². The zero-order valence-corrected chi connectivity index (χ0v) is 9.21. The van der Waals surface area contributed by atoms with E-state index in [-0.39, 0.29) is 0 Å². The number of hydrogen-bond acceptors (Lipinski definition) is 3. The monoisotopic (exact) mass is 219 g/mol. The predicted molar refractivity (Wildman–Crippen MR) is 59.3 cm³/mol. The lowest BCUT2D eigenvalue weighted by atomic mass is 10.0. The molecule has 84 valence electrons. The predicted octanol–water partition coefficient (Wildman–Crippen LogP) is 1.64. The Morgan fingerprint density at radius 2 is 2.25 bits per heavy atom. The number of aryl methyl sites for hydroxylation is 1. The van der Waals surface area contributed by atoms with E-state index in [0.29, 0.717) is 17.6 Å². The number of carboxylic acid groups (broad SMARTS) is 1. The van der Waals surface area contributed by atoms with Gasteiger partial charge in [-0.2, -0.15) is 15.0 Å². The fourth-order valence-corrected chi connectivity index (χ4v) is 1.62. The molecule has 2 rings (SSSR count). The van der Waals surface area contributed by atoms with Gasteiger partial charge in [-0.1, -0.05) is 12.1 Å². The summed E-state index contributed by atoms with van der Waals surface area (Å²) in [4.78, 5) is 12.5. The topological polar surface area (TPSA) is 68.0 Å². The zero-order valence-electron chi connectivity index (χ0n) is 9.21. The molecule has 1 unspecified atom stereocenters. The van der Waals surface area contributed by atoms with Crippen molar-refractivity contribution in [1.29, 1.82) is 0 Å². The third kappa shape index (κ3) is 1.64. The molecule has 0 fully saturated rings. The zero-order chi connectivity index (χ0) is 11.7. The van der Waals surface area contributed by atoms with Gasteiger partial charge in [0.25, 0.3) is 0 Å². The van der Waals surface area contributed by atoms with Crippen LogP contribution in [0.1, 0.15) is 25.3 Å². The Balaban J connectivity index is 2.60. The summed E-state index contributed by atoms with van der Waals surface area (Å²) in [5, 5.41) is 17.5. The quantitative estimate of drug-likeness (QED) is 0.852. The van der Waals surface area contributed by atoms with Crippen LogP contribution >= 0.6 is 0 Å². The summed E-state index contributed by atoms with van der Waals surface area (Å²) in [5.41, 5.74) is 2.14. The van der Waals surface area contributed by atoms with Gasteiger partial charge < -0.3 is 5.11 Å². The van der Waals surface area contributed by atoms with E-state index in [2.05, 4.69) is 10.2 Å². The number of fused-ring (bicyclic) bond motifs is 1. The normalized spacial score (nSPS) is 12.9. The van der Waals surface area contributed by atoms with Crippen molar-refractivity contribution in [3.63, 3.8) is 0 Å². The molecule has 2 aromatic rings. The van der Waals surface area contributed by atoms with E-state index in [4.69, 9.17) is 5.11 Å². The first kappa shape index (κ1) is 10.6. The van der Waals surface area contributed by atoms with Crippen LogP contribution in [0.4, 0.5) is 0 Å². The summed E-state index contributed by atoms with van der Waals surface area (Å²) < 4.78 is 0. The highest BCUT2D eigenvalue weighted by molar-refractivity contribution is 5.85. The summed E-state index contributed by atoms with van der Waals surface area (Å²) in [6, 6.07) is 5.44. The number of aromatic nitrogens is 3. The second kappa shape index (κ2) is 3.92. The maximum absolute atomic E-state index is 11.0. The number of aliphatic carboxylic acids is 1. The Morgan fingerprint density at radius 1 is 1.50 bits per heavy atom. The Hall–Kier alpha value is -1.91. The van der Waals surface area contributed by atoms with Gasteiger partial charge in [0.2, 0.25) is 0 Å². The average molecular weight is 219 g/mol. The molecule has 0 saturated heterocycles. The minimum atomic E-state index is -0.849. The highest BCUT2D eigenvalue weighted by Gasteiger charge is 2.18. The summed E-state index contributed by atoms with van der Waals surface area (Å²) in [5.74, 6) is -1.41. The fourth-order valence-electron chi connectivity index (χ4n) is 1.62. The number of benzene rings is 1. The molecular formula is C11H13N3O2. The summed E-state index contributed by atoms with van der Waals surface area (Å²) >= 11 is 0. The van der Waals surface area contributed by atoms with Gasteiger partial charge in [0, 0.05) is 0 Å². The first-order valence-electron chi connectivity index (χ1n) is 5.20. The van der Waals surface area contributed by atoms with E-state index in [1.807, 2.05) is 19.1 Å². The molecule has 0 bridgehead atoms. The van der Waals surface area contributed by atoms with Gasteiger partial charge in [0.1, 0.15) is 11.0 Å². The van der Waals surface area contributed by atoms with Crippen molar-refractivity contribution in [3.8, 4) is 0 Å². The smallest absolute Gasteiger partial charge is 0.310 e. The van der Waals surface area contributed by atoms with Crippen LogP contribution in [0, 0.1) is 0 Å². The lowest BCUT2D eigenvalue weighted by Crippen LogP contribution is -2.08. The Bertz CT molecular complexity index is 533. The molecular weight excluding hydrogens is 206 g/mol. The minimum absolute atomic E-state index is 0.564. The molecule has 0 aliphatic rings. The van der Waals surface area contributed by atoms with Gasteiger partial charge in [-0.25, -0.2) is 0 Å². The molecule has 1 N–H and O–H groups in total. The number of hydrogen-bond donors (Lipinski definition) is 1. The van der Waals surface area contributed by atoms with Crippen LogP contribution in [0.25, 0.3) is 11.0 Å². The first-order valence-corrected chi connectivity index (χ1v) is 5.20. The summed E-state index contributed by atoms with van der Waals surface area (Å²) in [7, 11) is 0. The van der Waals surface area contributed by atoms with Crippen LogP contribution in [0.5, 0.6) is 0 Å². The Kier molecular flexibility index (Phi) is 2.60. The molecule has 1 heterocycles. The van der Waals surface area contributed by atoms with Crippen molar-refractivity contribution in [2.45, 2.75) is 26.3 Å². The fraction of sp³-hybridized carbons (Fsp3) is 0.364. The highest BCUT2D eigenvalue weighted by atomic mass is 16.4. The molecule has 0 aliphatic heterocycles. The SMILES string of the molecule is CCn1nc2cccc(C(C)C(=O)O)c2n1. The lowest BCUT2D eigenvalue weighted by molar-refractivity contribution is -0.138. The number of carboxylic acids is 1. The maximum atomic E-state index is 11.0. The van der Waals surface area contributed by atoms with Crippen LogP contribution in [0.15, 0.2) is 18.2 Å². The van der Waals surface area contributed by atoms with E-state index in [9.17, 15) is 4.79 Å². The van der Waals surface area contributed by atoms with Gasteiger partial charge in [-0.15, -0.1) is 0 Å². The molecule has 0 saturated carbocycles. The van der Waals surface area contributed by atoms with E-state index in [0.717, 1.165) is 5.52 Å².